The topological polar surface area (TPSA) is 156 Å². The fourth-order valence-electron chi connectivity index (χ4n) is 2.28. The lowest BCUT2D eigenvalue weighted by atomic mass is 9.81. The van der Waals surface area contributed by atoms with E-state index >= 15 is 0 Å². The Bertz CT molecular complexity index is 413. The van der Waals surface area contributed by atoms with Gasteiger partial charge < -0.3 is 25.2 Å². The maximum atomic E-state index is 11.2. The average Bonchev–Trinajstić information content (AvgIpc) is 2.39. The van der Waals surface area contributed by atoms with Crippen LogP contribution in [-0.2, 0) is 9.53 Å². The van der Waals surface area contributed by atoms with Crippen LogP contribution in [-0.4, -0.2) is 63.0 Å². The van der Waals surface area contributed by atoms with Gasteiger partial charge in [-0.15, -0.1) is 0 Å². The lowest BCUT2D eigenvalue weighted by Crippen LogP contribution is -2.58. The Balaban J connectivity index is 3.01. The maximum Gasteiger partial charge on any atom is 0.335 e. The number of aliphatic hydroxyl groups excluding tert-OH is 3. The van der Waals surface area contributed by atoms with Crippen molar-refractivity contribution in [2.24, 2.45) is 11.0 Å². The molecule has 0 saturated carbocycles. The second-order valence-corrected chi connectivity index (χ2v) is 5.19. The molecular formula is C11H19N3O6. The number of ether oxygens (including phenoxy) is 1. The number of nitrogens with zero attached hydrogens (tertiary/aromatic N) is 3. The van der Waals surface area contributed by atoms with Crippen molar-refractivity contribution in [3.63, 3.8) is 0 Å². The van der Waals surface area contributed by atoms with Crippen LogP contribution >= 0.6 is 0 Å². The number of hydrogen-bond donors (Lipinski definition) is 4. The van der Waals surface area contributed by atoms with Gasteiger partial charge in [-0.3, -0.25) is 0 Å². The fourth-order valence-corrected chi connectivity index (χ4v) is 2.28. The molecule has 0 bridgehead atoms. The molecule has 1 aliphatic rings. The second kappa shape index (κ2) is 6.38. The summed E-state index contributed by atoms with van der Waals surface area (Å²) in [6, 6.07) is -1.17. The van der Waals surface area contributed by atoms with E-state index in [4.69, 9.17) is 20.5 Å². The van der Waals surface area contributed by atoms with Gasteiger partial charge in [0.2, 0.25) is 0 Å². The number of aliphatic hydroxyl groups is 3. The van der Waals surface area contributed by atoms with Crippen LogP contribution in [0.5, 0.6) is 0 Å². The Morgan fingerprint density at radius 2 is 2.25 bits per heavy atom. The van der Waals surface area contributed by atoms with E-state index in [-0.39, 0.29) is 6.42 Å². The summed E-state index contributed by atoms with van der Waals surface area (Å²) < 4.78 is 5.40. The van der Waals surface area contributed by atoms with Crippen molar-refractivity contribution in [2.75, 3.05) is 6.61 Å². The van der Waals surface area contributed by atoms with Gasteiger partial charge >= 0.3 is 5.97 Å². The Labute approximate surface area is 115 Å². The minimum Gasteiger partial charge on any atom is -0.479 e. The first-order chi connectivity index (χ1) is 9.26. The molecule has 9 heteroatoms. The van der Waals surface area contributed by atoms with E-state index in [1.807, 2.05) is 0 Å². The van der Waals surface area contributed by atoms with Gasteiger partial charge in [-0.1, -0.05) is 12.0 Å². The van der Waals surface area contributed by atoms with E-state index in [1.165, 1.54) is 6.92 Å². The summed E-state index contributed by atoms with van der Waals surface area (Å²) in [5.41, 5.74) is 6.73. The van der Waals surface area contributed by atoms with Gasteiger partial charge in [-0.25, -0.2) is 4.79 Å². The molecule has 6 atom stereocenters. The first kappa shape index (κ1) is 16.7. The molecule has 0 aromatic carbocycles. The highest BCUT2D eigenvalue weighted by Crippen LogP contribution is 2.35. The summed E-state index contributed by atoms with van der Waals surface area (Å²) in [6.07, 6.45) is -3.59. The summed E-state index contributed by atoms with van der Waals surface area (Å²) in [6.45, 7) is 2.27. The smallest absolute Gasteiger partial charge is 0.335 e. The SMILES string of the molecule is C[C@H]1C([C@H](O)[C@@H](CO)N=[N+]=[N-])O[C@@](C)(C(=O)O)C[C@H]1O. The van der Waals surface area contributed by atoms with E-state index in [9.17, 15) is 15.0 Å². The standard InChI is InChI=1S/C11H19N3O6/c1-5-7(16)3-11(2,10(18)19)20-9(5)8(17)6(4-15)13-14-12/h5-9,15-17H,3-4H2,1-2H3,(H,18,19)/t5-,6-,7-,8-,9?,11-/m1/s1. The third-order valence-corrected chi connectivity index (χ3v) is 3.69. The zero-order valence-electron chi connectivity index (χ0n) is 11.2. The molecule has 114 valence electrons. The second-order valence-electron chi connectivity index (χ2n) is 5.19. The van der Waals surface area contributed by atoms with Crippen molar-refractivity contribution >= 4 is 5.97 Å². The van der Waals surface area contributed by atoms with Crippen LogP contribution in [0, 0.1) is 5.92 Å². The molecule has 1 aliphatic heterocycles. The molecule has 1 unspecified atom stereocenters. The highest BCUT2D eigenvalue weighted by molar-refractivity contribution is 5.77. The Morgan fingerprint density at radius 3 is 2.70 bits per heavy atom. The van der Waals surface area contributed by atoms with E-state index in [0.29, 0.717) is 0 Å². The molecule has 1 fully saturated rings. The van der Waals surface area contributed by atoms with Crippen LogP contribution in [0.25, 0.3) is 10.4 Å². The largest absolute Gasteiger partial charge is 0.479 e. The number of carbonyl (C=O) groups is 1. The van der Waals surface area contributed by atoms with E-state index in [2.05, 4.69) is 10.0 Å². The number of carboxylic acids is 1. The molecule has 0 aromatic heterocycles. The van der Waals surface area contributed by atoms with Gasteiger partial charge in [-0.05, 0) is 12.5 Å². The quantitative estimate of drug-likeness (QED) is 0.308. The van der Waals surface area contributed by atoms with Crippen LogP contribution in [0.15, 0.2) is 5.11 Å². The molecule has 0 radical (unpaired) electrons. The van der Waals surface area contributed by atoms with Gasteiger partial charge in [0.1, 0.15) is 0 Å². The molecule has 9 nitrogen and oxygen atoms in total. The molecule has 1 saturated heterocycles. The van der Waals surface area contributed by atoms with Crippen LogP contribution in [0.2, 0.25) is 0 Å². The number of carboxylic acid groups (broad SMARTS) is 1. The first-order valence-electron chi connectivity index (χ1n) is 6.19. The van der Waals surface area contributed by atoms with Gasteiger partial charge in [0.15, 0.2) is 5.60 Å². The number of azide groups is 1. The highest BCUT2D eigenvalue weighted by atomic mass is 16.5. The van der Waals surface area contributed by atoms with Gasteiger partial charge in [0.05, 0.1) is 31.0 Å². The molecule has 0 amide bonds. The molecule has 20 heavy (non-hydrogen) atoms. The fraction of sp³-hybridized carbons (Fsp3) is 0.909. The highest BCUT2D eigenvalue weighted by Gasteiger charge is 2.50. The van der Waals surface area contributed by atoms with E-state index < -0.39 is 48.4 Å². The molecule has 0 aromatic rings. The first-order valence-corrected chi connectivity index (χ1v) is 6.19. The summed E-state index contributed by atoms with van der Waals surface area (Å²) in [7, 11) is 0. The number of rotatable bonds is 5. The minimum atomic E-state index is -1.64. The van der Waals surface area contributed by atoms with Crippen LogP contribution in [0.4, 0.5) is 0 Å². The molecule has 0 spiro atoms. The molecular weight excluding hydrogens is 270 g/mol. The summed E-state index contributed by atoms with van der Waals surface area (Å²) >= 11 is 0. The van der Waals surface area contributed by atoms with Crippen molar-refractivity contribution in [3.05, 3.63) is 10.4 Å². The lowest BCUT2D eigenvalue weighted by Gasteiger charge is -2.44. The molecule has 1 rings (SSSR count). The van der Waals surface area contributed by atoms with Crippen molar-refractivity contribution in [2.45, 2.75) is 50.2 Å². The predicted octanol–water partition coefficient (Wildman–Crippen LogP) is -0.352. The van der Waals surface area contributed by atoms with Crippen LogP contribution in [0.3, 0.4) is 0 Å². The number of aliphatic carboxylic acids is 1. The molecule has 4 N–H and O–H groups in total. The van der Waals surface area contributed by atoms with E-state index in [0.717, 1.165) is 0 Å². The normalized spacial score (nSPS) is 36.8. The third kappa shape index (κ3) is 3.20. The zero-order chi connectivity index (χ0) is 15.5. The van der Waals surface area contributed by atoms with Crippen molar-refractivity contribution < 1.29 is 30.0 Å². The van der Waals surface area contributed by atoms with Gasteiger partial charge in [0, 0.05) is 17.3 Å². The molecule has 1 heterocycles. The summed E-state index contributed by atoms with van der Waals surface area (Å²) in [4.78, 5) is 13.7. The Hall–Kier alpha value is -1.38. The summed E-state index contributed by atoms with van der Waals surface area (Å²) in [5.74, 6) is -1.83. The van der Waals surface area contributed by atoms with E-state index in [1.54, 1.807) is 6.92 Å². The van der Waals surface area contributed by atoms with Gasteiger partial charge in [-0.2, -0.15) is 0 Å². The van der Waals surface area contributed by atoms with Crippen LogP contribution < -0.4 is 0 Å². The Morgan fingerprint density at radius 1 is 1.65 bits per heavy atom. The maximum absolute atomic E-state index is 11.2. The lowest BCUT2D eigenvalue weighted by molar-refractivity contribution is -0.224. The monoisotopic (exact) mass is 289 g/mol. The van der Waals surface area contributed by atoms with Crippen molar-refractivity contribution in [1.82, 2.24) is 0 Å². The Kier molecular flexibility index (Phi) is 5.32. The average molecular weight is 289 g/mol. The van der Waals surface area contributed by atoms with Crippen molar-refractivity contribution in [1.29, 1.82) is 0 Å². The third-order valence-electron chi connectivity index (χ3n) is 3.69. The summed E-state index contributed by atoms with van der Waals surface area (Å²) in [5, 5.41) is 41.5. The molecule has 0 aliphatic carbocycles. The van der Waals surface area contributed by atoms with Crippen molar-refractivity contribution in [3.8, 4) is 0 Å². The minimum absolute atomic E-state index is 0.113. The zero-order valence-corrected chi connectivity index (χ0v) is 11.2. The predicted molar refractivity (Wildman–Crippen MR) is 66.7 cm³/mol. The number of hydrogen-bond acceptors (Lipinski definition) is 6. The van der Waals surface area contributed by atoms with Crippen LogP contribution in [0.1, 0.15) is 20.3 Å². The van der Waals surface area contributed by atoms with Gasteiger partial charge in [0.25, 0.3) is 0 Å².